The third-order valence-electron chi connectivity index (χ3n) is 5.76. The molecule has 4 rings (SSSR count). The molecule has 29 heavy (non-hydrogen) atoms. The van der Waals surface area contributed by atoms with Crippen LogP contribution in [0.4, 0.5) is 0 Å². The number of carbonyl (C=O) groups excluding carboxylic acids is 1. The van der Waals surface area contributed by atoms with Crippen molar-refractivity contribution in [1.82, 2.24) is 9.88 Å². The largest absolute Gasteiger partial charge is 0.507 e. The number of rotatable bonds is 7. The first-order valence-electron chi connectivity index (χ1n) is 10.2. The van der Waals surface area contributed by atoms with Crippen LogP contribution in [0, 0.1) is 0 Å². The number of benzene rings is 2. The fraction of sp³-hybridized carbons (Fsp3) is 0.292. The quantitative estimate of drug-likeness (QED) is 0.533. The smallest absolute Gasteiger partial charge is 0.252 e. The molecule has 1 aliphatic rings. The molecule has 5 nitrogen and oxygen atoms in total. The first-order valence-corrected chi connectivity index (χ1v) is 10.2. The van der Waals surface area contributed by atoms with Gasteiger partial charge in [0.1, 0.15) is 5.75 Å². The highest BCUT2D eigenvalue weighted by Gasteiger charge is 2.14. The molecular weight excluding hydrogens is 362 g/mol. The maximum Gasteiger partial charge on any atom is 0.252 e. The third kappa shape index (κ3) is 4.35. The number of aromatic amines is 1. The van der Waals surface area contributed by atoms with Gasteiger partial charge in [0.05, 0.1) is 5.56 Å². The van der Waals surface area contributed by atoms with E-state index in [2.05, 4.69) is 46.3 Å². The molecule has 4 N–H and O–H groups in total. The van der Waals surface area contributed by atoms with E-state index in [9.17, 15) is 9.90 Å². The number of nitrogens with zero attached hydrogens (tertiary/aromatic N) is 1. The van der Waals surface area contributed by atoms with Gasteiger partial charge in [-0.3, -0.25) is 9.69 Å². The first-order chi connectivity index (χ1) is 14.1. The number of aromatic nitrogens is 1. The average Bonchev–Trinajstić information content (AvgIpc) is 3.13. The minimum absolute atomic E-state index is 0.0554. The summed E-state index contributed by atoms with van der Waals surface area (Å²) in [6.07, 6.45) is 8.58. The molecule has 0 saturated heterocycles. The maximum absolute atomic E-state index is 11.4. The van der Waals surface area contributed by atoms with Crippen molar-refractivity contribution in [3.63, 3.8) is 0 Å². The van der Waals surface area contributed by atoms with Gasteiger partial charge in [0.25, 0.3) is 5.91 Å². The van der Waals surface area contributed by atoms with Crippen LogP contribution in [0.25, 0.3) is 16.5 Å². The predicted molar refractivity (Wildman–Crippen MR) is 117 cm³/mol. The fourth-order valence-electron chi connectivity index (χ4n) is 4.10. The van der Waals surface area contributed by atoms with Gasteiger partial charge in [-0.05, 0) is 61.1 Å². The highest BCUT2D eigenvalue weighted by molar-refractivity contribution is 6.00. The molecule has 1 amide bonds. The topological polar surface area (TPSA) is 82.4 Å². The second-order valence-corrected chi connectivity index (χ2v) is 7.70. The Morgan fingerprint density at radius 1 is 1.17 bits per heavy atom. The molecule has 3 aromatic rings. The zero-order valence-electron chi connectivity index (χ0n) is 16.5. The van der Waals surface area contributed by atoms with E-state index in [-0.39, 0.29) is 11.3 Å². The van der Waals surface area contributed by atoms with Gasteiger partial charge in [-0.2, -0.15) is 0 Å². The Kier molecular flexibility index (Phi) is 5.67. The van der Waals surface area contributed by atoms with E-state index in [0.717, 1.165) is 61.8 Å². The Morgan fingerprint density at radius 2 is 2.00 bits per heavy atom. The summed E-state index contributed by atoms with van der Waals surface area (Å²) in [7, 11) is 0. The molecule has 1 aliphatic heterocycles. The number of hydrogen-bond donors (Lipinski definition) is 3. The minimum Gasteiger partial charge on any atom is -0.507 e. The predicted octanol–water partition coefficient (Wildman–Crippen LogP) is 4.08. The standard InChI is InChI=1S/C24H27N3O2/c25-24(29)21-14-22-20(15-23(21)28)19(16-26-22)8-4-5-11-27-12-9-18(10-13-27)17-6-2-1-3-7-17/h1-3,6-7,9,14-16,26,28H,4-5,8,10-13H2,(H2,25,29). The van der Waals surface area contributed by atoms with Gasteiger partial charge in [0, 0.05) is 30.2 Å². The summed E-state index contributed by atoms with van der Waals surface area (Å²) >= 11 is 0. The zero-order chi connectivity index (χ0) is 20.2. The van der Waals surface area contributed by atoms with E-state index in [1.54, 1.807) is 12.1 Å². The molecule has 2 heterocycles. The Labute approximate surface area is 170 Å². The number of aromatic hydroxyl groups is 1. The van der Waals surface area contributed by atoms with Crippen molar-refractivity contribution in [3.8, 4) is 5.75 Å². The molecular formula is C24H27N3O2. The van der Waals surface area contributed by atoms with Gasteiger partial charge in [-0.25, -0.2) is 0 Å². The number of carbonyl (C=O) groups is 1. The number of aryl methyl sites for hydroxylation is 1. The number of amides is 1. The van der Waals surface area contributed by atoms with Crippen LogP contribution in [-0.2, 0) is 6.42 Å². The van der Waals surface area contributed by atoms with Crippen LogP contribution in [0.3, 0.4) is 0 Å². The molecule has 0 aliphatic carbocycles. The molecule has 2 aromatic carbocycles. The molecule has 0 bridgehead atoms. The van der Waals surface area contributed by atoms with Gasteiger partial charge in [-0.1, -0.05) is 36.4 Å². The lowest BCUT2D eigenvalue weighted by Gasteiger charge is -2.26. The lowest BCUT2D eigenvalue weighted by molar-refractivity contribution is 0.0998. The van der Waals surface area contributed by atoms with Crippen molar-refractivity contribution >= 4 is 22.4 Å². The second kappa shape index (κ2) is 8.53. The van der Waals surface area contributed by atoms with Crippen molar-refractivity contribution in [2.45, 2.75) is 25.7 Å². The average molecular weight is 389 g/mol. The molecule has 0 atom stereocenters. The SMILES string of the molecule is NC(=O)c1cc2[nH]cc(CCCCN3CC=C(c4ccccc4)CC3)c2cc1O. The van der Waals surface area contributed by atoms with Gasteiger partial charge in [0.2, 0.25) is 0 Å². The van der Waals surface area contributed by atoms with Crippen LogP contribution in [0.1, 0.15) is 40.7 Å². The Balaban J connectivity index is 1.29. The number of unbranched alkanes of at least 4 members (excludes halogenated alkanes) is 1. The van der Waals surface area contributed by atoms with E-state index in [1.807, 2.05) is 6.20 Å². The van der Waals surface area contributed by atoms with Crippen LogP contribution < -0.4 is 5.73 Å². The van der Waals surface area contributed by atoms with Gasteiger partial charge < -0.3 is 15.8 Å². The summed E-state index contributed by atoms with van der Waals surface area (Å²) < 4.78 is 0. The molecule has 5 heteroatoms. The summed E-state index contributed by atoms with van der Waals surface area (Å²) in [4.78, 5) is 17.1. The number of primary amides is 1. The number of phenols is 1. The van der Waals surface area contributed by atoms with E-state index >= 15 is 0 Å². The first kappa shape index (κ1) is 19.3. The van der Waals surface area contributed by atoms with E-state index in [4.69, 9.17) is 5.73 Å². The molecule has 0 saturated carbocycles. The van der Waals surface area contributed by atoms with E-state index in [1.165, 1.54) is 11.1 Å². The van der Waals surface area contributed by atoms with E-state index in [0.29, 0.717) is 0 Å². The summed E-state index contributed by atoms with van der Waals surface area (Å²) in [6, 6.07) is 13.9. The van der Waals surface area contributed by atoms with Crippen molar-refractivity contribution in [2.75, 3.05) is 19.6 Å². The molecule has 1 aromatic heterocycles. The van der Waals surface area contributed by atoms with Crippen LogP contribution in [0.5, 0.6) is 5.75 Å². The normalized spacial score (nSPS) is 14.8. The number of fused-ring (bicyclic) bond motifs is 1. The highest BCUT2D eigenvalue weighted by Crippen LogP contribution is 2.28. The van der Waals surface area contributed by atoms with Crippen LogP contribution in [0.2, 0.25) is 0 Å². The van der Waals surface area contributed by atoms with Crippen LogP contribution >= 0.6 is 0 Å². The highest BCUT2D eigenvalue weighted by atomic mass is 16.3. The number of hydrogen-bond acceptors (Lipinski definition) is 3. The molecule has 0 spiro atoms. The third-order valence-corrected chi connectivity index (χ3v) is 5.76. The van der Waals surface area contributed by atoms with Gasteiger partial charge in [-0.15, -0.1) is 0 Å². The maximum atomic E-state index is 11.4. The summed E-state index contributed by atoms with van der Waals surface area (Å²) in [6.45, 7) is 3.22. The summed E-state index contributed by atoms with van der Waals surface area (Å²) in [5.41, 5.74) is 10.2. The van der Waals surface area contributed by atoms with Gasteiger partial charge in [0.15, 0.2) is 0 Å². The molecule has 150 valence electrons. The molecule has 0 radical (unpaired) electrons. The second-order valence-electron chi connectivity index (χ2n) is 7.70. The lowest BCUT2D eigenvalue weighted by atomic mass is 9.99. The zero-order valence-corrected chi connectivity index (χ0v) is 16.5. The molecule has 0 unspecified atom stereocenters. The number of nitrogens with one attached hydrogen (secondary N) is 1. The minimum atomic E-state index is -0.619. The van der Waals surface area contributed by atoms with E-state index < -0.39 is 5.91 Å². The van der Waals surface area contributed by atoms with Crippen LogP contribution in [-0.4, -0.2) is 40.5 Å². The Bertz CT molecular complexity index is 1040. The summed E-state index contributed by atoms with van der Waals surface area (Å²) in [5, 5.41) is 11.0. The number of nitrogens with two attached hydrogens (primary N) is 1. The fourth-order valence-corrected chi connectivity index (χ4v) is 4.10. The van der Waals surface area contributed by atoms with Gasteiger partial charge >= 0.3 is 0 Å². The van der Waals surface area contributed by atoms with Crippen LogP contribution in [0.15, 0.2) is 54.7 Å². The summed E-state index contributed by atoms with van der Waals surface area (Å²) in [5.74, 6) is -0.674. The van der Waals surface area contributed by atoms with Crippen molar-refractivity contribution in [3.05, 3.63) is 71.4 Å². The molecule has 0 fully saturated rings. The van der Waals surface area contributed by atoms with Crippen molar-refractivity contribution in [2.24, 2.45) is 5.73 Å². The van der Waals surface area contributed by atoms with Crippen molar-refractivity contribution < 1.29 is 9.90 Å². The monoisotopic (exact) mass is 389 g/mol. The lowest BCUT2D eigenvalue weighted by Crippen LogP contribution is -2.29. The Hall–Kier alpha value is -3.05. The number of H-pyrrole nitrogens is 1. The van der Waals surface area contributed by atoms with Crippen molar-refractivity contribution in [1.29, 1.82) is 0 Å². The Morgan fingerprint density at radius 3 is 2.72 bits per heavy atom.